The van der Waals surface area contributed by atoms with Crippen LogP contribution in [-0.4, -0.2) is 28.2 Å². The van der Waals surface area contributed by atoms with Crippen molar-refractivity contribution < 1.29 is 10.0 Å². The van der Waals surface area contributed by atoms with Gasteiger partial charge in [0.25, 0.3) is 5.69 Å². The van der Waals surface area contributed by atoms with Gasteiger partial charge in [-0.1, -0.05) is 11.6 Å². The van der Waals surface area contributed by atoms with Crippen LogP contribution in [0.1, 0.15) is 12.8 Å². The van der Waals surface area contributed by atoms with Crippen molar-refractivity contribution in [3.05, 3.63) is 27.4 Å². The normalized spacial score (nSPS) is 16.6. The highest BCUT2D eigenvalue weighted by molar-refractivity contribution is 6.33. The van der Waals surface area contributed by atoms with Gasteiger partial charge in [-0.2, -0.15) is 0 Å². The molecule has 0 spiro atoms. The lowest BCUT2D eigenvalue weighted by Gasteiger charge is -2.13. The molecule has 7 heteroatoms. The van der Waals surface area contributed by atoms with E-state index in [4.69, 9.17) is 16.7 Å². The standard InChI is InChI=1S/C10H12ClN3O3/c11-8-3-7(14(16)17)4-12-9(8)13-5-10(6-15)1-2-10/h3-4,15H,1-2,5-6H2,(H,12,13). The molecular formula is C10H12ClN3O3. The first-order valence-corrected chi connectivity index (χ1v) is 5.59. The van der Waals surface area contributed by atoms with Crippen LogP contribution < -0.4 is 5.32 Å². The predicted molar refractivity (Wildman–Crippen MR) is 63.1 cm³/mol. The van der Waals surface area contributed by atoms with Crippen LogP contribution in [-0.2, 0) is 0 Å². The first-order valence-electron chi connectivity index (χ1n) is 5.21. The summed E-state index contributed by atoms with van der Waals surface area (Å²) in [5.41, 5.74) is -0.198. The molecule has 0 saturated heterocycles. The summed E-state index contributed by atoms with van der Waals surface area (Å²) in [7, 11) is 0. The number of anilines is 1. The molecule has 1 aromatic heterocycles. The molecule has 2 N–H and O–H groups in total. The largest absolute Gasteiger partial charge is 0.396 e. The molecule has 0 aliphatic heterocycles. The van der Waals surface area contributed by atoms with Gasteiger partial charge < -0.3 is 10.4 Å². The zero-order chi connectivity index (χ0) is 12.5. The SMILES string of the molecule is O=[N+]([O-])c1cnc(NCC2(CO)CC2)c(Cl)c1. The maximum Gasteiger partial charge on any atom is 0.289 e. The smallest absolute Gasteiger partial charge is 0.289 e. The van der Waals surface area contributed by atoms with E-state index in [1.54, 1.807) is 0 Å². The summed E-state index contributed by atoms with van der Waals surface area (Å²) >= 11 is 5.87. The van der Waals surface area contributed by atoms with Crippen molar-refractivity contribution in [2.75, 3.05) is 18.5 Å². The molecule has 1 saturated carbocycles. The molecule has 0 radical (unpaired) electrons. The van der Waals surface area contributed by atoms with Crippen LogP contribution >= 0.6 is 11.6 Å². The van der Waals surface area contributed by atoms with E-state index in [1.165, 1.54) is 6.07 Å². The van der Waals surface area contributed by atoms with E-state index >= 15 is 0 Å². The second kappa shape index (κ2) is 4.46. The summed E-state index contributed by atoms with van der Waals surface area (Å²) in [4.78, 5) is 13.8. The highest BCUT2D eigenvalue weighted by Crippen LogP contribution is 2.45. The Morgan fingerprint density at radius 3 is 2.82 bits per heavy atom. The predicted octanol–water partition coefficient (Wildman–Crippen LogP) is 1.83. The van der Waals surface area contributed by atoms with E-state index in [-0.39, 0.29) is 22.7 Å². The second-order valence-electron chi connectivity index (χ2n) is 4.29. The summed E-state index contributed by atoms with van der Waals surface area (Å²) in [5.74, 6) is 0.414. The molecule has 92 valence electrons. The third-order valence-electron chi connectivity index (χ3n) is 2.96. The van der Waals surface area contributed by atoms with E-state index in [2.05, 4.69) is 10.3 Å². The molecule has 17 heavy (non-hydrogen) atoms. The molecule has 1 aromatic rings. The number of hydrogen-bond acceptors (Lipinski definition) is 5. The molecule has 1 aliphatic carbocycles. The maximum atomic E-state index is 10.5. The first-order chi connectivity index (χ1) is 8.06. The van der Waals surface area contributed by atoms with E-state index < -0.39 is 4.92 Å². The lowest BCUT2D eigenvalue weighted by atomic mass is 10.1. The monoisotopic (exact) mass is 257 g/mol. The number of nitrogens with zero attached hydrogens (tertiary/aromatic N) is 2. The molecule has 0 amide bonds. The molecule has 0 unspecified atom stereocenters. The van der Waals surface area contributed by atoms with Gasteiger partial charge in [0, 0.05) is 18.0 Å². The van der Waals surface area contributed by atoms with Gasteiger partial charge in [0.05, 0.1) is 16.6 Å². The van der Waals surface area contributed by atoms with Gasteiger partial charge in [0.1, 0.15) is 12.0 Å². The average Bonchev–Trinajstić information content (AvgIpc) is 3.08. The summed E-state index contributed by atoms with van der Waals surface area (Å²) in [6.07, 6.45) is 3.11. The van der Waals surface area contributed by atoms with Crippen molar-refractivity contribution in [2.45, 2.75) is 12.8 Å². The Morgan fingerprint density at radius 2 is 2.35 bits per heavy atom. The fraction of sp³-hybridized carbons (Fsp3) is 0.500. The molecule has 1 heterocycles. The van der Waals surface area contributed by atoms with Crippen LogP contribution in [0.25, 0.3) is 0 Å². The van der Waals surface area contributed by atoms with Gasteiger partial charge in [-0.25, -0.2) is 4.98 Å². The van der Waals surface area contributed by atoms with Crippen LogP contribution in [0.4, 0.5) is 11.5 Å². The highest BCUT2D eigenvalue weighted by atomic mass is 35.5. The lowest BCUT2D eigenvalue weighted by Crippen LogP contribution is -2.19. The third-order valence-corrected chi connectivity index (χ3v) is 3.25. The summed E-state index contributed by atoms with van der Waals surface area (Å²) < 4.78 is 0. The number of pyridine rings is 1. The van der Waals surface area contributed by atoms with E-state index in [9.17, 15) is 10.1 Å². The average molecular weight is 258 g/mol. The van der Waals surface area contributed by atoms with Crippen molar-refractivity contribution in [3.8, 4) is 0 Å². The number of rotatable bonds is 5. The molecule has 0 bridgehead atoms. The highest BCUT2D eigenvalue weighted by Gasteiger charge is 2.41. The Morgan fingerprint density at radius 1 is 1.65 bits per heavy atom. The Hall–Kier alpha value is -1.40. The van der Waals surface area contributed by atoms with Crippen LogP contribution in [0, 0.1) is 15.5 Å². The van der Waals surface area contributed by atoms with Crippen LogP contribution in [0.5, 0.6) is 0 Å². The summed E-state index contributed by atoms with van der Waals surface area (Å²) in [5, 5.41) is 22.9. The van der Waals surface area contributed by atoms with Gasteiger partial charge in [-0.15, -0.1) is 0 Å². The van der Waals surface area contributed by atoms with Crippen molar-refractivity contribution in [1.82, 2.24) is 4.98 Å². The number of halogens is 1. The quantitative estimate of drug-likeness (QED) is 0.621. The Bertz CT molecular complexity index is 448. The van der Waals surface area contributed by atoms with Crippen molar-refractivity contribution in [2.24, 2.45) is 5.41 Å². The second-order valence-corrected chi connectivity index (χ2v) is 4.70. The first kappa shape index (κ1) is 12.1. The zero-order valence-corrected chi connectivity index (χ0v) is 9.78. The van der Waals surface area contributed by atoms with Crippen molar-refractivity contribution >= 4 is 23.1 Å². The molecular weight excluding hydrogens is 246 g/mol. The van der Waals surface area contributed by atoms with Gasteiger partial charge in [-0.3, -0.25) is 10.1 Å². The minimum absolute atomic E-state index is 0.0627. The van der Waals surface area contributed by atoms with Gasteiger partial charge in [0.2, 0.25) is 0 Å². The topological polar surface area (TPSA) is 88.3 Å². The fourth-order valence-corrected chi connectivity index (χ4v) is 1.72. The number of aromatic nitrogens is 1. The van der Waals surface area contributed by atoms with Crippen LogP contribution in [0.2, 0.25) is 5.02 Å². The number of aliphatic hydroxyl groups is 1. The van der Waals surface area contributed by atoms with E-state index in [0.717, 1.165) is 19.0 Å². The molecule has 2 rings (SSSR count). The number of nitrogens with one attached hydrogen (secondary N) is 1. The Balaban J connectivity index is 2.04. The number of nitro groups is 1. The molecule has 0 atom stereocenters. The van der Waals surface area contributed by atoms with Crippen molar-refractivity contribution in [3.63, 3.8) is 0 Å². The summed E-state index contributed by atoms with van der Waals surface area (Å²) in [6, 6.07) is 1.26. The van der Waals surface area contributed by atoms with Crippen LogP contribution in [0.3, 0.4) is 0 Å². The zero-order valence-electron chi connectivity index (χ0n) is 9.02. The Kier molecular flexibility index (Phi) is 3.17. The third kappa shape index (κ3) is 2.65. The molecule has 1 fully saturated rings. The number of hydrogen-bond donors (Lipinski definition) is 2. The Labute approximate surface area is 103 Å². The van der Waals surface area contributed by atoms with Gasteiger partial charge >= 0.3 is 0 Å². The van der Waals surface area contributed by atoms with Crippen molar-refractivity contribution in [1.29, 1.82) is 0 Å². The van der Waals surface area contributed by atoms with Gasteiger partial charge in [0.15, 0.2) is 0 Å². The van der Waals surface area contributed by atoms with E-state index in [0.29, 0.717) is 12.4 Å². The minimum atomic E-state index is -0.543. The van der Waals surface area contributed by atoms with Crippen LogP contribution in [0.15, 0.2) is 12.3 Å². The maximum absolute atomic E-state index is 10.5. The lowest BCUT2D eigenvalue weighted by molar-refractivity contribution is -0.385. The van der Waals surface area contributed by atoms with Gasteiger partial charge in [-0.05, 0) is 12.8 Å². The van der Waals surface area contributed by atoms with E-state index in [1.807, 2.05) is 0 Å². The summed E-state index contributed by atoms with van der Waals surface area (Å²) in [6.45, 7) is 0.707. The fourth-order valence-electron chi connectivity index (χ4n) is 1.50. The minimum Gasteiger partial charge on any atom is -0.396 e. The molecule has 6 nitrogen and oxygen atoms in total. The molecule has 0 aromatic carbocycles. The molecule has 1 aliphatic rings. The number of aliphatic hydroxyl groups excluding tert-OH is 1.